The smallest absolute Gasteiger partial charge is 0.0564 e. The number of hydrogen-bond acceptors (Lipinski definition) is 2. The minimum atomic E-state index is 0.780. The summed E-state index contributed by atoms with van der Waals surface area (Å²) in [5.41, 5.74) is 0. The quantitative estimate of drug-likeness (QED) is 0.697. The molecular weight excluding hydrogens is 178 g/mol. The first-order valence-electron chi connectivity index (χ1n) is 5.64. The standard InChI is InChI=1S/C11H21NS/c1-8-3-5-10(6-4-8)11-12-7-9(2)13-11/h8-12H,3-7H2,1-2H3. The molecule has 0 radical (unpaired) electrons. The van der Waals surface area contributed by atoms with Gasteiger partial charge in [0.15, 0.2) is 0 Å². The van der Waals surface area contributed by atoms with E-state index in [4.69, 9.17) is 0 Å². The van der Waals surface area contributed by atoms with Crippen LogP contribution in [0.25, 0.3) is 0 Å². The predicted octanol–water partition coefficient (Wildman–Crippen LogP) is 2.86. The van der Waals surface area contributed by atoms with Gasteiger partial charge in [-0.2, -0.15) is 0 Å². The van der Waals surface area contributed by atoms with Crippen molar-refractivity contribution in [2.45, 2.75) is 50.2 Å². The lowest BCUT2D eigenvalue weighted by atomic mass is 9.83. The zero-order chi connectivity index (χ0) is 9.26. The maximum atomic E-state index is 3.65. The third-order valence-corrected chi connectivity index (χ3v) is 4.95. The maximum Gasteiger partial charge on any atom is 0.0564 e. The molecule has 1 nitrogen and oxygen atoms in total. The molecule has 1 N–H and O–H groups in total. The van der Waals surface area contributed by atoms with Crippen molar-refractivity contribution >= 4 is 11.8 Å². The third-order valence-electron chi connectivity index (χ3n) is 3.47. The Morgan fingerprint density at radius 2 is 1.77 bits per heavy atom. The van der Waals surface area contributed by atoms with Crippen molar-refractivity contribution in [1.82, 2.24) is 5.32 Å². The normalized spacial score (nSPS) is 46.6. The molecule has 0 spiro atoms. The van der Waals surface area contributed by atoms with Gasteiger partial charge in [-0.25, -0.2) is 0 Å². The van der Waals surface area contributed by atoms with E-state index in [2.05, 4.69) is 30.9 Å². The molecule has 1 saturated heterocycles. The molecule has 1 aliphatic heterocycles. The Labute approximate surface area is 86.0 Å². The zero-order valence-electron chi connectivity index (χ0n) is 8.75. The molecule has 1 aliphatic carbocycles. The highest BCUT2D eigenvalue weighted by Crippen LogP contribution is 2.37. The molecule has 2 aliphatic rings. The SMILES string of the molecule is CC1CCC(C2NCC(C)S2)CC1. The molecule has 1 saturated carbocycles. The van der Waals surface area contributed by atoms with Gasteiger partial charge in [0.25, 0.3) is 0 Å². The molecule has 13 heavy (non-hydrogen) atoms. The van der Waals surface area contributed by atoms with Gasteiger partial charge in [0.2, 0.25) is 0 Å². The fourth-order valence-electron chi connectivity index (χ4n) is 2.50. The van der Waals surface area contributed by atoms with Gasteiger partial charge in [0, 0.05) is 11.8 Å². The van der Waals surface area contributed by atoms with Crippen LogP contribution < -0.4 is 5.32 Å². The second kappa shape index (κ2) is 4.22. The van der Waals surface area contributed by atoms with E-state index in [0.717, 1.165) is 22.5 Å². The van der Waals surface area contributed by atoms with Crippen LogP contribution in [0.5, 0.6) is 0 Å². The molecule has 0 aromatic carbocycles. The lowest BCUT2D eigenvalue weighted by molar-refractivity contribution is 0.274. The monoisotopic (exact) mass is 199 g/mol. The van der Waals surface area contributed by atoms with Gasteiger partial charge < -0.3 is 5.32 Å². The van der Waals surface area contributed by atoms with Crippen LogP contribution in [0.4, 0.5) is 0 Å². The minimum Gasteiger partial charge on any atom is -0.304 e. The van der Waals surface area contributed by atoms with Crippen molar-refractivity contribution in [3.05, 3.63) is 0 Å². The molecule has 0 aromatic heterocycles. The molecule has 2 rings (SSSR count). The molecule has 0 bridgehead atoms. The Morgan fingerprint density at radius 1 is 1.08 bits per heavy atom. The summed E-state index contributed by atoms with van der Waals surface area (Å²) in [4.78, 5) is 0. The minimum absolute atomic E-state index is 0.780. The van der Waals surface area contributed by atoms with Crippen molar-refractivity contribution in [3.63, 3.8) is 0 Å². The molecule has 2 unspecified atom stereocenters. The van der Waals surface area contributed by atoms with Gasteiger partial charge in [-0.05, 0) is 24.7 Å². The number of hydrogen-bond donors (Lipinski definition) is 1. The van der Waals surface area contributed by atoms with Gasteiger partial charge in [0.05, 0.1) is 5.37 Å². The Hall–Kier alpha value is 0.310. The number of thioether (sulfide) groups is 1. The highest BCUT2D eigenvalue weighted by atomic mass is 32.2. The van der Waals surface area contributed by atoms with Crippen LogP contribution in [0, 0.1) is 11.8 Å². The van der Waals surface area contributed by atoms with Crippen molar-refractivity contribution < 1.29 is 0 Å². The second-order valence-electron chi connectivity index (χ2n) is 4.80. The van der Waals surface area contributed by atoms with E-state index >= 15 is 0 Å². The predicted molar refractivity (Wildman–Crippen MR) is 60.0 cm³/mol. The summed E-state index contributed by atoms with van der Waals surface area (Å²) in [6.45, 7) is 5.96. The largest absolute Gasteiger partial charge is 0.304 e. The fraction of sp³-hybridized carbons (Fsp3) is 1.00. The van der Waals surface area contributed by atoms with Crippen LogP contribution in [0.1, 0.15) is 39.5 Å². The van der Waals surface area contributed by atoms with E-state index < -0.39 is 0 Å². The van der Waals surface area contributed by atoms with E-state index in [0.29, 0.717) is 0 Å². The van der Waals surface area contributed by atoms with Crippen LogP contribution >= 0.6 is 11.8 Å². The van der Waals surface area contributed by atoms with Crippen molar-refractivity contribution in [3.8, 4) is 0 Å². The average Bonchev–Trinajstić information content (AvgIpc) is 2.53. The molecule has 1 heterocycles. The third kappa shape index (κ3) is 2.41. The van der Waals surface area contributed by atoms with Gasteiger partial charge in [-0.1, -0.05) is 26.7 Å². The van der Waals surface area contributed by atoms with E-state index in [1.807, 2.05) is 0 Å². The molecule has 76 valence electrons. The summed E-state index contributed by atoms with van der Waals surface area (Å²) in [6.07, 6.45) is 5.83. The van der Waals surface area contributed by atoms with Crippen molar-refractivity contribution in [2.75, 3.05) is 6.54 Å². The molecule has 2 atom stereocenters. The number of nitrogens with one attached hydrogen (secondary N) is 1. The summed E-state index contributed by atoms with van der Waals surface area (Å²) >= 11 is 2.16. The van der Waals surface area contributed by atoms with Crippen molar-refractivity contribution in [1.29, 1.82) is 0 Å². The average molecular weight is 199 g/mol. The van der Waals surface area contributed by atoms with Gasteiger partial charge in [-0.3, -0.25) is 0 Å². The van der Waals surface area contributed by atoms with E-state index in [-0.39, 0.29) is 0 Å². The van der Waals surface area contributed by atoms with Crippen LogP contribution in [0.3, 0.4) is 0 Å². The maximum absolute atomic E-state index is 3.65. The number of rotatable bonds is 1. The highest BCUT2D eigenvalue weighted by molar-refractivity contribution is 8.00. The fourth-order valence-corrected chi connectivity index (χ4v) is 3.87. The van der Waals surface area contributed by atoms with Gasteiger partial charge >= 0.3 is 0 Å². The zero-order valence-corrected chi connectivity index (χ0v) is 9.57. The lowest BCUT2D eigenvalue weighted by Gasteiger charge is -2.30. The summed E-state index contributed by atoms with van der Waals surface area (Å²) in [7, 11) is 0. The Kier molecular flexibility index (Phi) is 3.20. The van der Waals surface area contributed by atoms with Gasteiger partial charge in [-0.15, -0.1) is 11.8 Å². The molecular formula is C11H21NS. The Bertz CT molecular complexity index is 163. The first kappa shape index (κ1) is 9.85. The van der Waals surface area contributed by atoms with Crippen LogP contribution in [-0.4, -0.2) is 17.2 Å². The van der Waals surface area contributed by atoms with Gasteiger partial charge in [0.1, 0.15) is 0 Å². The topological polar surface area (TPSA) is 12.0 Å². The Morgan fingerprint density at radius 3 is 2.31 bits per heavy atom. The van der Waals surface area contributed by atoms with Crippen molar-refractivity contribution in [2.24, 2.45) is 11.8 Å². The van der Waals surface area contributed by atoms with Crippen LogP contribution in [0.15, 0.2) is 0 Å². The molecule has 0 amide bonds. The van der Waals surface area contributed by atoms with E-state index in [9.17, 15) is 0 Å². The summed E-state index contributed by atoms with van der Waals surface area (Å²) in [5.74, 6) is 1.95. The molecule has 2 fully saturated rings. The molecule has 0 aromatic rings. The summed E-state index contributed by atoms with van der Waals surface area (Å²) < 4.78 is 0. The highest BCUT2D eigenvalue weighted by Gasteiger charge is 2.30. The first-order valence-corrected chi connectivity index (χ1v) is 6.59. The summed E-state index contributed by atoms with van der Waals surface area (Å²) in [5, 5.41) is 5.27. The molecule has 2 heteroatoms. The lowest BCUT2D eigenvalue weighted by Crippen LogP contribution is -2.31. The Balaban J connectivity index is 1.81. The summed E-state index contributed by atoms with van der Waals surface area (Å²) in [6, 6.07) is 0. The second-order valence-corrected chi connectivity index (χ2v) is 6.38. The van der Waals surface area contributed by atoms with Crippen LogP contribution in [0.2, 0.25) is 0 Å². The first-order chi connectivity index (χ1) is 6.25. The van der Waals surface area contributed by atoms with E-state index in [1.54, 1.807) is 0 Å². The van der Waals surface area contributed by atoms with Crippen LogP contribution in [-0.2, 0) is 0 Å². The van der Waals surface area contributed by atoms with E-state index in [1.165, 1.54) is 32.2 Å².